The first-order chi connectivity index (χ1) is 16.1. The van der Waals surface area contributed by atoms with Crippen molar-refractivity contribution in [2.45, 2.75) is 19.3 Å². The van der Waals surface area contributed by atoms with E-state index in [1.807, 2.05) is 24.3 Å². The Kier molecular flexibility index (Phi) is 6.22. The summed E-state index contributed by atoms with van der Waals surface area (Å²) < 4.78 is 0. The van der Waals surface area contributed by atoms with E-state index in [1.54, 1.807) is 4.90 Å². The van der Waals surface area contributed by atoms with Crippen molar-refractivity contribution in [2.75, 3.05) is 72.9 Å². The zero-order valence-corrected chi connectivity index (χ0v) is 19.4. The molecule has 3 aliphatic heterocycles. The number of benzene rings is 2. The van der Waals surface area contributed by atoms with E-state index in [2.05, 4.69) is 51.3 Å². The number of hydrogen-bond donors (Lipinski definition) is 1. The second-order valence-corrected chi connectivity index (χ2v) is 9.44. The Hall–Kier alpha value is -3.06. The first-order valence-electron chi connectivity index (χ1n) is 12.1. The highest BCUT2D eigenvalue weighted by Gasteiger charge is 2.35. The maximum Gasteiger partial charge on any atom is 0.229 e. The summed E-state index contributed by atoms with van der Waals surface area (Å²) in [5.41, 5.74) is 4.03. The summed E-state index contributed by atoms with van der Waals surface area (Å²) in [6.45, 7) is 6.77. The van der Waals surface area contributed by atoms with Crippen molar-refractivity contribution < 1.29 is 9.59 Å². The number of anilines is 4. The van der Waals surface area contributed by atoms with Crippen LogP contribution in [0.25, 0.3) is 0 Å². The van der Waals surface area contributed by atoms with Crippen LogP contribution in [0, 0.1) is 5.92 Å². The molecule has 0 aliphatic carbocycles. The van der Waals surface area contributed by atoms with Crippen LogP contribution in [-0.4, -0.2) is 69.6 Å². The van der Waals surface area contributed by atoms with E-state index in [-0.39, 0.29) is 24.2 Å². The van der Waals surface area contributed by atoms with E-state index < -0.39 is 0 Å². The molecule has 174 valence electrons. The quantitative estimate of drug-likeness (QED) is 0.764. The zero-order valence-electron chi connectivity index (χ0n) is 19.4. The Morgan fingerprint density at radius 1 is 0.788 bits per heavy atom. The Bertz CT molecular complexity index is 977. The summed E-state index contributed by atoms with van der Waals surface area (Å²) in [5, 5.41) is 3.01. The summed E-state index contributed by atoms with van der Waals surface area (Å²) in [5.74, 6) is -0.422. The number of hydrogen-bond acceptors (Lipinski definition) is 5. The van der Waals surface area contributed by atoms with Gasteiger partial charge in [0.25, 0.3) is 0 Å². The van der Waals surface area contributed by atoms with Crippen LogP contribution < -0.4 is 20.0 Å². The molecule has 2 aromatic carbocycles. The van der Waals surface area contributed by atoms with E-state index in [1.165, 1.54) is 24.2 Å². The van der Waals surface area contributed by atoms with Crippen LogP contribution >= 0.6 is 0 Å². The summed E-state index contributed by atoms with van der Waals surface area (Å²) in [6.07, 6.45) is 2.72. The molecule has 3 saturated heterocycles. The van der Waals surface area contributed by atoms with Crippen LogP contribution in [-0.2, 0) is 9.59 Å². The normalized spacial score (nSPS) is 21.7. The van der Waals surface area contributed by atoms with Gasteiger partial charge in [-0.05, 0) is 68.4 Å². The maximum atomic E-state index is 12.9. The van der Waals surface area contributed by atoms with Crippen molar-refractivity contribution in [1.82, 2.24) is 4.90 Å². The summed E-state index contributed by atoms with van der Waals surface area (Å²) in [4.78, 5) is 34.3. The number of likely N-dealkylation sites (N-methyl/N-ethyl adjacent to an activating group) is 1. The van der Waals surface area contributed by atoms with Gasteiger partial charge in [-0.25, -0.2) is 0 Å². The van der Waals surface area contributed by atoms with Gasteiger partial charge in [0.2, 0.25) is 11.8 Å². The molecule has 1 unspecified atom stereocenters. The van der Waals surface area contributed by atoms with Crippen LogP contribution in [0.1, 0.15) is 19.3 Å². The van der Waals surface area contributed by atoms with Crippen LogP contribution in [0.4, 0.5) is 22.7 Å². The topological polar surface area (TPSA) is 59.1 Å². The third-order valence-electron chi connectivity index (χ3n) is 7.13. The van der Waals surface area contributed by atoms with Crippen molar-refractivity contribution in [3.05, 3.63) is 48.5 Å². The molecule has 3 fully saturated rings. The molecule has 0 spiro atoms. The van der Waals surface area contributed by atoms with Gasteiger partial charge in [0, 0.05) is 75.0 Å². The lowest BCUT2D eigenvalue weighted by Crippen LogP contribution is -2.44. The molecule has 0 radical (unpaired) electrons. The molecule has 1 N–H and O–H groups in total. The highest BCUT2D eigenvalue weighted by molar-refractivity contribution is 6.03. The van der Waals surface area contributed by atoms with Crippen LogP contribution in [0.3, 0.4) is 0 Å². The molecule has 2 aromatic rings. The first-order valence-corrected chi connectivity index (χ1v) is 12.1. The van der Waals surface area contributed by atoms with Crippen molar-refractivity contribution in [2.24, 2.45) is 5.92 Å². The highest BCUT2D eigenvalue weighted by atomic mass is 16.2. The van der Waals surface area contributed by atoms with Gasteiger partial charge in [-0.3, -0.25) is 9.59 Å². The third kappa shape index (κ3) is 4.83. The molecular formula is C26H33N5O2. The molecule has 0 aromatic heterocycles. The molecule has 3 heterocycles. The lowest BCUT2D eigenvalue weighted by atomic mass is 10.1. The molecule has 5 rings (SSSR count). The van der Waals surface area contributed by atoms with E-state index >= 15 is 0 Å². The van der Waals surface area contributed by atoms with Crippen molar-refractivity contribution >= 4 is 34.6 Å². The fraction of sp³-hybridized carbons (Fsp3) is 0.462. The van der Waals surface area contributed by atoms with Crippen molar-refractivity contribution in [1.29, 1.82) is 0 Å². The molecule has 33 heavy (non-hydrogen) atoms. The van der Waals surface area contributed by atoms with Gasteiger partial charge in [-0.15, -0.1) is 0 Å². The third-order valence-corrected chi connectivity index (χ3v) is 7.13. The number of piperazine rings is 1. The SMILES string of the molecule is CN1CCN(c2ccc(NC(=O)C3CC(=O)N(c4ccc(N5CCCC5)cc4)C3)cc2)CC1. The van der Waals surface area contributed by atoms with Gasteiger partial charge < -0.3 is 24.9 Å². The van der Waals surface area contributed by atoms with E-state index in [0.29, 0.717) is 6.54 Å². The van der Waals surface area contributed by atoms with Crippen LogP contribution in [0.15, 0.2) is 48.5 Å². The Balaban J connectivity index is 1.17. The predicted octanol–water partition coefficient (Wildman–Crippen LogP) is 3.03. The number of nitrogens with zero attached hydrogens (tertiary/aromatic N) is 4. The molecule has 7 heteroatoms. The second kappa shape index (κ2) is 9.43. The maximum absolute atomic E-state index is 12.9. The monoisotopic (exact) mass is 447 g/mol. The fourth-order valence-electron chi connectivity index (χ4n) is 5.02. The zero-order chi connectivity index (χ0) is 22.8. The smallest absolute Gasteiger partial charge is 0.229 e. The largest absolute Gasteiger partial charge is 0.372 e. The van der Waals surface area contributed by atoms with Crippen LogP contribution in [0.5, 0.6) is 0 Å². The first kappa shape index (κ1) is 21.8. The molecule has 1 atom stereocenters. The van der Waals surface area contributed by atoms with Gasteiger partial charge in [-0.2, -0.15) is 0 Å². The van der Waals surface area contributed by atoms with Crippen molar-refractivity contribution in [3.63, 3.8) is 0 Å². The minimum atomic E-state index is -0.340. The molecular weight excluding hydrogens is 414 g/mol. The van der Waals surface area contributed by atoms with E-state index in [4.69, 9.17) is 0 Å². The molecule has 2 amide bonds. The number of carbonyl (C=O) groups excluding carboxylic acids is 2. The Labute approximate surface area is 195 Å². The molecule has 0 saturated carbocycles. The number of amides is 2. The fourth-order valence-corrected chi connectivity index (χ4v) is 5.02. The van der Waals surface area contributed by atoms with Crippen LogP contribution in [0.2, 0.25) is 0 Å². The average molecular weight is 448 g/mol. The van der Waals surface area contributed by atoms with Gasteiger partial charge in [0.1, 0.15) is 0 Å². The van der Waals surface area contributed by atoms with E-state index in [9.17, 15) is 9.59 Å². The summed E-state index contributed by atoms with van der Waals surface area (Å²) in [6, 6.07) is 16.2. The van der Waals surface area contributed by atoms with Gasteiger partial charge in [0.15, 0.2) is 0 Å². The molecule has 3 aliphatic rings. The minimum Gasteiger partial charge on any atom is -0.372 e. The van der Waals surface area contributed by atoms with Gasteiger partial charge in [0.05, 0.1) is 5.92 Å². The number of rotatable bonds is 5. The molecule has 0 bridgehead atoms. The second-order valence-electron chi connectivity index (χ2n) is 9.44. The van der Waals surface area contributed by atoms with E-state index in [0.717, 1.165) is 50.6 Å². The number of carbonyl (C=O) groups is 2. The number of nitrogens with one attached hydrogen (secondary N) is 1. The van der Waals surface area contributed by atoms with Gasteiger partial charge in [-0.1, -0.05) is 0 Å². The predicted molar refractivity (Wildman–Crippen MR) is 133 cm³/mol. The molecule has 7 nitrogen and oxygen atoms in total. The standard InChI is InChI=1S/C26H33N5O2/c1-28-14-16-30(17-15-28)22-6-4-21(5-7-22)27-26(33)20-18-25(32)31(19-20)24-10-8-23(9-11-24)29-12-2-3-13-29/h4-11,20H,2-3,12-19H2,1H3,(H,27,33). The van der Waals surface area contributed by atoms with Crippen molar-refractivity contribution in [3.8, 4) is 0 Å². The lowest BCUT2D eigenvalue weighted by molar-refractivity contribution is -0.122. The summed E-state index contributed by atoms with van der Waals surface area (Å²) in [7, 11) is 2.15. The summed E-state index contributed by atoms with van der Waals surface area (Å²) >= 11 is 0. The lowest BCUT2D eigenvalue weighted by Gasteiger charge is -2.34. The Morgan fingerprint density at radius 3 is 1.97 bits per heavy atom. The average Bonchev–Trinajstić information content (AvgIpc) is 3.51. The minimum absolute atomic E-state index is 0.00878. The van der Waals surface area contributed by atoms with Gasteiger partial charge >= 0.3 is 0 Å². The Morgan fingerprint density at radius 2 is 1.33 bits per heavy atom. The highest BCUT2D eigenvalue weighted by Crippen LogP contribution is 2.29.